The molecule has 1 saturated carbocycles. The normalized spacial score (nSPS) is 22.7. The van der Waals surface area contributed by atoms with Gasteiger partial charge in [-0.3, -0.25) is 4.79 Å². The first-order valence-corrected chi connectivity index (χ1v) is 10.9. The smallest absolute Gasteiger partial charge is 0.355 e. The number of fused-ring (bicyclic) bond motifs is 1. The molecule has 6 heteroatoms. The number of hydrogen-bond acceptors (Lipinski definition) is 4. The van der Waals surface area contributed by atoms with E-state index in [2.05, 4.69) is 15.6 Å². The average molecular weight is 398 g/mol. The summed E-state index contributed by atoms with van der Waals surface area (Å²) in [7, 11) is 0. The van der Waals surface area contributed by atoms with Crippen LogP contribution >= 0.6 is 0 Å². The van der Waals surface area contributed by atoms with Gasteiger partial charge in [-0.15, -0.1) is 0 Å². The van der Waals surface area contributed by atoms with E-state index >= 15 is 0 Å². The van der Waals surface area contributed by atoms with Crippen LogP contribution in [0.3, 0.4) is 0 Å². The maximum absolute atomic E-state index is 13.0. The van der Waals surface area contributed by atoms with Crippen molar-refractivity contribution in [1.29, 1.82) is 0 Å². The Hall–Kier alpha value is -2.34. The molecule has 0 bridgehead atoms. The number of anilines is 1. The summed E-state index contributed by atoms with van der Waals surface area (Å²) in [5.41, 5.74) is 2.94. The molecule has 156 valence electrons. The van der Waals surface area contributed by atoms with Crippen molar-refractivity contribution in [1.82, 2.24) is 10.3 Å². The van der Waals surface area contributed by atoms with Gasteiger partial charge in [-0.25, -0.2) is 4.79 Å². The summed E-state index contributed by atoms with van der Waals surface area (Å²) < 4.78 is 5.12. The lowest BCUT2D eigenvalue weighted by Gasteiger charge is -2.30. The van der Waals surface area contributed by atoms with Gasteiger partial charge in [0.05, 0.1) is 12.6 Å². The van der Waals surface area contributed by atoms with Crippen molar-refractivity contribution in [2.75, 3.05) is 18.5 Å². The second-order valence-electron chi connectivity index (χ2n) is 8.38. The van der Waals surface area contributed by atoms with E-state index in [1.807, 2.05) is 25.1 Å². The molecule has 1 amide bonds. The van der Waals surface area contributed by atoms with Crippen LogP contribution in [0.2, 0.25) is 0 Å². The molecule has 2 fully saturated rings. The van der Waals surface area contributed by atoms with Gasteiger partial charge in [0.25, 0.3) is 0 Å². The van der Waals surface area contributed by atoms with E-state index in [0.717, 1.165) is 35.1 Å². The minimum Gasteiger partial charge on any atom is -0.461 e. The second-order valence-corrected chi connectivity index (χ2v) is 8.38. The van der Waals surface area contributed by atoms with Gasteiger partial charge < -0.3 is 20.4 Å². The first-order valence-electron chi connectivity index (χ1n) is 10.9. The van der Waals surface area contributed by atoms with Gasteiger partial charge in [0.15, 0.2) is 0 Å². The summed E-state index contributed by atoms with van der Waals surface area (Å²) in [4.78, 5) is 28.3. The summed E-state index contributed by atoms with van der Waals surface area (Å²) in [6.07, 6.45) is 7.50. The molecule has 1 aliphatic carbocycles. The number of H-pyrrole nitrogens is 1. The number of nitrogens with one attached hydrogen (secondary N) is 3. The zero-order chi connectivity index (χ0) is 20.4. The molecule has 0 spiro atoms. The lowest BCUT2D eigenvalue weighted by molar-refractivity contribution is -0.119. The van der Waals surface area contributed by atoms with Crippen LogP contribution in [0.4, 0.5) is 5.69 Å². The van der Waals surface area contributed by atoms with E-state index in [4.69, 9.17) is 4.74 Å². The topological polar surface area (TPSA) is 83.2 Å². The van der Waals surface area contributed by atoms with Crippen LogP contribution in [0, 0.1) is 18.8 Å². The highest BCUT2D eigenvalue weighted by molar-refractivity contribution is 6.01. The molecule has 2 heterocycles. The number of esters is 1. The van der Waals surface area contributed by atoms with Crippen molar-refractivity contribution in [2.24, 2.45) is 11.8 Å². The van der Waals surface area contributed by atoms with Gasteiger partial charge in [0.1, 0.15) is 5.69 Å². The maximum Gasteiger partial charge on any atom is 0.355 e. The molecule has 29 heavy (non-hydrogen) atoms. The van der Waals surface area contributed by atoms with Gasteiger partial charge in [0.2, 0.25) is 5.91 Å². The highest BCUT2D eigenvalue weighted by atomic mass is 16.5. The fourth-order valence-electron chi connectivity index (χ4n) is 5.11. The van der Waals surface area contributed by atoms with Crippen LogP contribution in [0.15, 0.2) is 18.2 Å². The Morgan fingerprint density at radius 2 is 1.97 bits per heavy atom. The van der Waals surface area contributed by atoms with Crippen molar-refractivity contribution in [3.05, 3.63) is 29.5 Å². The highest BCUT2D eigenvalue weighted by Crippen LogP contribution is 2.36. The van der Waals surface area contributed by atoms with E-state index in [-0.39, 0.29) is 17.9 Å². The number of carbonyl (C=O) groups excluding carboxylic acids is 2. The molecule has 1 saturated heterocycles. The lowest BCUT2D eigenvalue weighted by atomic mass is 9.76. The van der Waals surface area contributed by atoms with Gasteiger partial charge in [-0.2, -0.15) is 0 Å². The summed E-state index contributed by atoms with van der Waals surface area (Å²) in [6.45, 7) is 4.94. The van der Waals surface area contributed by atoms with E-state index in [1.54, 1.807) is 6.92 Å². The third-order valence-electron chi connectivity index (χ3n) is 6.61. The number of carbonyl (C=O) groups is 2. The molecular weight excluding hydrogens is 366 g/mol. The Balaban J connectivity index is 1.50. The summed E-state index contributed by atoms with van der Waals surface area (Å²) in [5.74, 6) is 0.799. The molecule has 0 unspecified atom stereocenters. The standard InChI is InChI=1S/C23H31N3O3/c1-3-29-23(28)20-14(2)18-13-16(9-10-19(18)26-20)25-22(27)21-17(11-12-24-21)15-7-5-4-6-8-15/h9-10,13,15,17,21,24,26H,3-8,11-12H2,1-2H3,(H,25,27)/t17-,21-/m0/s1. The molecule has 1 aromatic heterocycles. The maximum atomic E-state index is 13.0. The predicted octanol–water partition coefficient (Wildman–Crippen LogP) is 4.15. The monoisotopic (exact) mass is 397 g/mol. The molecule has 0 radical (unpaired) electrons. The van der Waals surface area contributed by atoms with Crippen LogP contribution in [-0.4, -0.2) is 36.1 Å². The number of aryl methyl sites for hydroxylation is 1. The summed E-state index contributed by atoms with van der Waals surface area (Å²) >= 11 is 0. The van der Waals surface area contributed by atoms with Crippen LogP contribution in [0.1, 0.15) is 61.5 Å². The first kappa shape index (κ1) is 20.0. The lowest BCUT2D eigenvalue weighted by Crippen LogP contribution is -2.42. The molecule has 3 N–H and O–H groups in total. The Bertz CT molecular complexity index is 898. The van der Waals surface area contributed by atoms with Crippen molar-refractivity contribution >= 4 is 28.5 Å². The van der Waals surface area contributed by atoms with E-state index in [1.165, 1.54) is 32.1 Å². The molecule has 2 aromatic rings. The molecule has 4 rings (SSSR count). The fourth-order valence-corrected chi connectivity index (χ4v) is 5.11. The first-order chi connectivity index (χ1) is 14.1. The Morgan fingerprint density at radius 1 is 1.17 bits per heavy atom. The van der Waals surface area contributed by atoms with Gasteiger partial charge >= 0.3 is 5.97 Å². The van der Waals surface area contributed by atoms with Crippen molar-refractivity contribution in [2.45, 2.75) is 58.4 Å². The number of hydrogen-bond donors (Lipinski definition) is 3. The van der Waals surface area contributed by atoms with Gasteiger partial charge in [0, 0.05) is 16.6 Å². The van der Waals surface area contributed by atoms with Crippen LogP contribution in [-0.2, 0) is 9.53 Å². The van der Waals surface area contributed by atoms with E-state index < -0.39 is 0 Å². The van der Waals surface area contributed by atoms with Crippen molar-refractivity contribution in [3.63, 3.8) is 0 Å². The van der Waals surface area contributed by atoms with Crippen LogP contribution in [0.25, 0.3) is 10.9 Å². The molecule has 2 atom stereocenters. The minimum atomic E-state index is -0.350. The number of aromatic amines is 1. The summed E-state index contributed by atoms with van der Waals surface area (Å²) in [6, 6.07) is 5.61. The van der Waals surface area contributed by atoms with Gasteiger partial charge in [-0.1, -0.05) is 32.1 Å². The van der Waals surface area contributed by atoms with Crippen LogP contribution < -0.4 is 10.6 Å². The Morgan fingerprint density at radius 3 is 2.72 bits per heavy atom. The van der Waals surface area contributed by atoms with Crippen LogP contribution in [0.5, 0.6) is 0 Å². The number of aromatic nitrogens is 1. The second kappa shape index (κ2) is 8.57. The zero-order valence-electron chi connectivity index (χ0n) is 17.3. The fraction of sp³-hybridized carbons (Fsp3) is 0.565. The number of ether oxygens (including phenoxy) is 1. The molecule has 2 aliphatic rings. The number of rotatable bonds is 5. The van der Waals surface area contributed by atoms with E-state index in [0.29, 0.717) is 24.1 Å². The Kier molecular flexibility index (Phi) is 5.90. The number of amides is 1. The predicted molar refractivity (Wildman–Crippen MR) is 114 cm³/mol. The van der Waals surface area contributed by atoms with E-state index in [9.17, 15) is 9.59 Å². The molecule has 6 nitrogen and oxygen atoms in total. The highest BCUT2D eigenvalue weighted by Gasteiger charge is 2.38. The van der Waals surface area contributed by atoms with Crippen molar-refractivity contribution in [3.8, 4) is 0 Å². The largest absolute Gasteiger partial charge is 0.461 e. The third kappa shape index (κ3) is 4.04. The number of benzene rings is 1. The molecule has 1 aliphatic heterocycles. The summed E-state index contributed by atoms with van der Waals surface area (Å²) in [5, 5.41) is 7.46. The molecular formula is C23H31N3O3. The van der Waals surface area contributed by atoms with Gasteiger partial charge in [-0.05, 0) is 62.4 Å². The molecule has 1 aromatic carbocycles. The minimum absolute atomic E-state index is 0.0521. The Labute approximate surface area is 171 Å². The third-order valence-corrected chi connectivity index (χ3v) is 6.61. The zero-order valence-corrected chi connectivity index (χ0v) is 17.3. The van der Waals surface area contributed by atoms with Crippen molar-refractivity contribution < 1.29 is 14.3 Å². The quantitative estimate of drug-likeness (QED) is 0.662. The average Bonchev–Trinajstić information content (AvgIpc) is 3.34. The SMILES string of the molecule is CCOC(=O)c1[nH]c2ccc(NC(=O)[C@H]3NCC[C@H]3C3CCCCC3)cc2c1C.